The van der Waals surface area contributed by atoms with Crippen molar-refractivity contribution >= 4 is 11.6 Å². The van der Waals surface area contributed by atoms with Crippen LogP contribution in [-0.4, -0.2) is 36.3 Å². The van der Waals surface area contributed by atoms with E-state index >= 15 is 0 Å². The van der Waals surface area contributed by atoms with Crippen LogP contribution in [0.4, 0.5) is 13.2 Å². The van der Waals surface area contributed by atoms with Gasteiger partial charge in [0, 0.05) is 12.0 Å². The monoisotopic (exact) mass is 378 g/mol. The van der Waals surface area contributed by atoms with Gasteiger partial charge < -0.3 is 14.2 Å². The van der Waals surface area contributed by atoms with Gasteiger partial charge in [0.2, 0.25) is 6.79 Å². The van der Waals surface area contributed by atoms with E-state index in [-0.39, 0.29) is 18.4 Å². The van der Waals surface area contributed by atoms with Gasteiger partial charge in [0.15, 0.2) is 11.5 Å². The van der Waals surface area contributed by atoms with Gasteiger partial charge in [-0.05, 0) is 48.0 Å². The number of carbonyl (C=O) groups excluding carboxylic acids is 1. The molecule has 0 radical (unpaired) electrons. The van der Waals surface area contributed by atoms with Crippen molar-refractivity contribution in [1.82, 2.24) is 5.01 Å². The van der Waals surface area contributed by atoms with E-state index in [0.717, 1.165) is 0 Å². The highest BCUT2D eigenvalue weighted by atomic mass is 19.4. The van der Waals surface area contributed by atoms with Gasteiger partial charge in [-0.15, -0.1) is 13.2 Å². The molecule has 1 amide bonds. The Bertz CT molecular complexity index is 910. The summed E-state index contributed by atoms with van der Waals surface area (Å²) < 4.78 is 51.0. The van der Waals surface area contributed by atoms with Gasteiger partial charge in [-0.25, -0.2) is 5.01 Å². The lowest BCUT2D eigenvalue weighted by Gasteiger charge is -2.11. The lowest BCUT2D eigenvalue weighted by atomic mass is 10.1. The Hall–Kier alpha value is -3.23. The first-order valence-electron chi connectivity index (χ1n) is 8.04. The number of nitrogens with zero attached hydrogens (tertiary/aromatic N) is 2. The van der Waals surface area contributed by atoms with Crippen molar-refractivity contribution < 1.29 is 32.2 Å². The van der Waals surface area contributed by atoms with Gasteiger partial charge in [-0.3, -0.25) is 4.79 Å². The molecule has 0 bridgehead atoms. The van der Waals surface area contributed by atoms with E-state index < -0.39 is 6.36 Å². The van der Waals surface area contributed by atoms with E-state index in [4.69, 9.17) is 9.47 Å². The first-order valence-corrected chi connectivity index (χ1v) is 8.04. The molecular weight excluding hydrogens is 365 g/mol. The molecule has 6 nitrogen and oxygen atoms in total. The van der Waals surface area contributed by atoms with Crippen molar-refractivity contribution in [3.63, 3.8) is 0 Å². The molecule has 0 saturated carbocycles. The topological polar surface area (TPSA) is 60.4 Å². The molecule has 2 aliphatic rings. The van der Waals surface area contributed by atoms with Crippen molar-refractivity contribution in [2.24, 2.45) is 5.10 Å². The van der Waals surface area contributed by atoms with Crippen molar-refractivity contribution in [2.75, 3.05) is 13.3 Å². The fourth-order valence-electron chi connectivity index (χ4n) is 2.83. The van der Waals surface area contributed by atoms with Gasteiger partial charge >= 0.3 is 6.36 Å². The third kappa shape index (κ3) is 3.67. The lowest BCUT2D eigenvalue weighted by Crippen LogP contribution is -2.23. The van der Waals surface area contributed by atoms with Gasteiger partial charge in [0.05, 0.1) is 12.3 Å². The maximum Gasteiger partial charge on any atom is 0.573 e. The molecule has 0 atom stereocenters. The fraction of sp³-hybridized carbons (Fsp3) is 0.222. The number of alkyl halides is 3. The van der Waals surface area contributed by atoms with Crippen LogP contribution in [0.15, 0.2) is 47.6 Å². The molecule has 2 aromatic rings. The van der Waals surface area contributed by atoms with E-state index in [2.05, 4.69) is 9.84 Å². The predicted molar refractivity (Wildman–Crippen MR) is 87.9 cm³/mol. The Morgan fingerprint density at radius 2 is 1.81 bits per heavy atom. The van der Waals surface area contributed by atoms with Crippen LogP contribution >= 0.6 is 0 Å². The maximum absolute atomic E-state index is 12.6. The molecule has 0 aromatic heterocycles. The number of rotatable bonds is 3. The number of fused-ring (bicyclic) bond motifs is 1. The Morgan fingerprint density at radius 1 is 1.07 bits per heavy atom. The summed E-state index contributed by atoms with van der Waals surface area (Å²) in [7, 11) is 0. The minimum atomic E-state index is -4.74. The van der Waals surface area contributed by atoms with Crippen molar-refractivity contribution in [3.8, 4) is 17.2 Å². The molecule has 0 N–H and O–H groups in total. The van der Waals surface area contributed by atoms with E-state index in [9.17, 15) is 18.0 Å². The maximum atomic E-state index is 12.6. The van der Waals surface area contributed by atoms with Gasteiger partial charge in [-0.1, -0.05) is 0 Å². The molecule has 0 fully saturated rings. The molecular formula is C18H13F3N2O4. The van der Waals surface area contributed by atoms with Crippen LogP contribution in [0.25, 0.3) is 0 Å². The van der Waals surface area contributed by atoms with Gasteiger partial charge in [-0.2, -0.15) is 5.10 Å². The highest BCUT2D eigenvalue weighted by Crippen LogP contribution is 2.33. The number of hydrogen-bond acceptors (Lipinski definition) is 5. The normalized spacial score (nSPS) is 15.7. The molecule has 2 aromatic carbocycles. The second-order valence-corrected chi connectivity index (χ2v) is 5.87. The predicted octanol–water partition coefficient (Wildman–Crippen LogP) is 3.56. The minimum Gasteiger partial charge on any atom is -0.454 e. The molecule has 140 valence electrons. The second kappa shape index (κ2) is 6.49. The first kappa shape index (κ1) is 17.2. The molecule has 0 spiro atoms. The number of halogens is 3. The van der Waals surface area contributed by atoms with Gasteiger partial charge in [0.1, 0.15) is 5.75 Å². The van der Waals surface area contributed by atoms with Crippen molar-refractivity contribution in [1.29, 1.82) is 0 Å². The third-order valence-corrected chi connectivity index (χ3v) is 4.08. The van der Waals surface area contributed by atoms with Gasteiger partial charge in [0.25, 0.3) is 5.91 Å². The summed E-state index contributed by atoms with van der Waals surface area (Å²) >= 11 is 0. The summed E-state index contributed by atoms with van der Waals surface area (Å²) in [5.74, 6) is 0.487. The summed E-state index contributed by atoms with van der Waals surface area (Å²) in [5, 5.41) is 5.62. The van der Waals surface area contributed by atoms with Crippen LogP contribution in [0.2, 0.25) is 0 Å². The number of benzene rings is 2. The number of hydrogen-bond donors (Lipinski definition) is 0. The number of hydrazone groups is 1. The van der Waals surface area contributed by atoms with E-state index in [1.54, 1.807) is 18.2 Å². The summed E-state index contributed by atoms with van der Waals surface area (Å²) in [6.07, 6.45) is -4.24. The minimum absolute atomic E-state index is 0.118. The standard InChI is InChI=1S/C18H13F3N2O4/c19-18(20,21)27-13-4-1-11(2-5-13)14-7-8-23(22-14)17(24)12-3-6-15-16(9-12)26-10-25-15/h1-6,9H,7-8,10H2. The van der Waals surface area contributed by atoms with E-state index in [0.29, 0.717) is 41.3 Å². The zero-order valence-corrected chi connectivity index (χ0v) is 13.8. The highest BCUT2D eigenvalue weighted by Gasteiger charge is 2.31. The summed E-state index contributed by atoms with van der Waals surface area (Å²) in [4.78, 5) is 12.6. The summed E-state index contributed by atoms with van der Waals surface area (Å²) in [6, 6.07) is 10.3. The number of amides is 1. The summed E-state index contributed by atoms with van der Waals surface area (Å²) in [6.45, 7) is 0.496. The highest BCUT2D eigenvalue weighted by molar-refractivity contribution is 6.04. The number of ether oxygens (including phenoxy) is 3. The average Bonchev–Trinajstić information content (AvgIpc) is 3.29. The molecule has 2 aliphatic heterocycles. The lowest BCUT2D eigenvalue weighted by molar-refractivity contribution is -0.274. The van der Waals surface area contributed by atoms with Crippen LogP contribution < -0.4 is 14.2 Å². The molecule has 0 aliphatic carbocycles. The smallest absolute Gasteiger partial charge is 0.454 e. The quantitative estimate of drug-likeness (QED) is 0.819. The molecule has 0 unspecified atom stereocenters. The zero-order valence-electron chi connectivity index (χ0n) is 13.8. The van der Waals surface area contributed by atoms with Crippen LogP contribution in [0, 0.1) is 0 Å². The molecule has 27 heavy (non-hydrogen) atoms. The first-order chi connectivity index (χ1) is 12.9. The van der Waals surface area contributed by atoms with Crippen LogP contribution in [0.3, 0.4) is 0 Å². The fourth-order valence-corrected chi connectivity index (χ4v) is 2.83. The molecule has 4 rings (SSSR count). The van der Waals surface area contributed by atoms with Crippen molar-refractivity contribution in [3.05, 3.63) is 53.6 Å². The zero-order chi connectivity index (χ0) is 19.0. The largest absolute Gasteiger partial charge is 0.573 e. The SMILES string of the molecule is O=C(c1ccc2c(c1)OCO2)N1CCC(c2ccc(OC(F)(F)F)cc2)=N1. The Labute approximate surface area is 151 Å². The van der Waals surface area contributed by atoms with E-state index in [1.807, 2.05) is 0 Å². The number of carbonyl (C=O) groups is 1. The Morgan fingerprint density at radius 3 is 2.56 bits per heavy atom. The Balaban J connectivity index is 1.48. The molecule has 9 heteroatoms. The van der Waals surface area contributed by atoms with Crippen LogP contribution in [-0.2, 0) is 0 Å². The Kier molecular flexibility index (Phi) is 4.14. The molecule has 0 saturated heterocycles. The average molecular weight is 378 g/mol. The second-order valence-electron chi connectivity index (χ2n) is 5.87. The third-order valence-electron chi connectivity index (χ3n) is 4.08. The van der Waals surface area contributed by atoms with Crippen LogP contribution in [0.1, 0.15) is 22.3 Å². The van der Waals surface area contributed by atoms with Crippen LogP contribution in [0.5, 0.6) is 17.2 Å². The summed E-state index contributed by atoms with van der Waals surface area (Å²) in [5.41, 5.74) is 1.66. The van der Waals surface area contributed by atoms with E-state index in [1.165, 1.54) is 29.3 Å². The van der Waals surface area contributed by atoms with Crippen molar-refractivity contribution in [2.45, 2.75) is 12.8 Å². The molecule has 2 heterocycles.